The maximum atomic E-state index is 4.06. The number of hydrogen-bond donors (Lipinski definition) is 0. The molecular weight excluding hydrogens is 1250 g/mol. The molecule has 488 valence electrons. The lowest BCUT2D eigenvalue weighted by molar-refractivity contribution is 0.632. The van der Waals surface area contributed by atoms with Gasteiger partial charge in [-0.15, -0.1) is 0 Å². The van der Waals surface area contributed by atoms with Crippen molar-refractivity contribution in [2.75, 3.05) is 34.3 Å². The Balaban J connectivity index is 0.961. The van der Waals surface area contributed by atoms with Crippen molar-refractivity contribution in [2.45, 2.75) is 26.2 Å². The first-order valence-corrected chi connectivity index (χ1v) is 35.7. The lowest BCUT2D eigenvalue weighted by Crippen LogP contribution is -2.65. The first-order chi connectivity index (χ1) is 50.8. The Kier molecular flexibility index (Phi) is 14.7. The molecule has 19 rings (SSSR count). The third kappa shape index (κ3) is 9.82. The maximum absolute atomic E-state index is 4.06. The molecule has 0 saturated carbocycles. The van der Waals surface area contributed by atoms with Crippen LogP contribution in [0, 0.1) is 0 Å². The zero-order valence-electron chi connectivity index (χ0n) is 57.6. The van der Waals surface area contributed by atoms with Crippen molar-refractivity contribution in [1.82, 2.24) is 0 Å². The second kappa shape index (κ2) is 24.7. The Morgan fingerprint density at radius 2 is 0.650 bits per heavy atom. The molecule has 0 atom stereocenters. The summed E-state index contributed by atoms with van der Waals surface area (Å²) in [5, 5.41) is 0. The third-order valence-corrected chi connectivity index (χ3v) is 21.5. The largest absolute Gasteiger partial charge is 0.314 e. The SMILES string of the molecule is C=C/C=C\C=C(/C)N(c1ccccc1)c1cc2c3c(c1)N(c1ccccc1)c1cc4c(cc1B3c1cc3c(cc1N2c1ccccc1)N(c1ccccc1)c1cc(N(c2ccccc2)c2ccccc2)cc2c1B3c1ccccc1N2c1ccccc1)C(C)(C)c1ccccc1N4c1ccccc1. The van der Waals surface area contributed by atoms with Gasteiger partial charge in [0.25, 0.3) is 13.4 Å². The van der Waals surface area contributed by atoms with Gasteiger partial charge in [0.15, 0.2) is 0 Å². The molecule has 0 fully saturated rings. The zero-order valence-corrected chi connectivity index (χ0v) is 57.6. The molecule has 0 spiro atoms. The molecule has 103 heavy (non-hydrogen) atoms. The van der Waals surface area contributed by atoms with E-state index in [0.717, 1.165) is 114 Å². The van der Waals surface area contributed by atoms with Gasteiger partial charge in [0.2, 0.25) is 0 Å². The molecule has 9 heteroatoms. The van der Waals surface area contributed by atoms with Crippen molar-refractivity contribution >= 4 is 160 Å². The van der Waals surface area contributed by atoms with E-state index >= 15 is 0 Å². The van der Waals surface area contributed by atoms with Crippen molar-refractivity contribution in [3.05, 3.63) is 387 Å². The molecule has 0 bridgehead atoms. The highest BCUT2D eigenvalue weighted by Gasteiger charge is 2.50. The minimum atomic E-state index is -0.414. The van der Waals surface area contributed by atoms with E-state index < -0.39 is 5.41 Å². The van der Waals surface area contributed by atoms with Crippen LogP contribution in [0.3, 0.4) is 0 Å². The van der Waals surface area contributed by atoms with Crippen molar-refractivity contribution in [1.29, 1.82) is 0 Å². The van der Waals surface area contributed by atoms with Crippen molar-refractivity contribution < 1.29 is 0 Å². The van der Waals surface area contributed by atoms with Crippen molar-refractivity contribution in [3.63, 3.8) is 0 Å². The highest BCUT2D eigenvalue weighted by Crippen LogP contribution is 2.56. The Hall–Kier alpha value is -13.0. The van der Waals surface area contributed by atoms with Gasteiger partial charge in [-0.2, -0.15) is 0 Å². The first-order valence-electron chi connectivity index (χ1n) is 35.7. The number of anilines is 20. The van der Waals surface area contributed by atoms with E-state index in [-0.39, 0.29) is 13.4 Å². The summed E-state index contributed by atoms with van der Waals surface area (Å²) in [5.74, 6) is 0. The van der Waals surface area contributed by atoms with Gasteiger partial charge in [-0.1, -0.05) is 233 Å². The number of rotatable bonds is 13. The van der Waals surface area contributed by atoms with E-state index in [1.54, 1.807) is 0 Å². The van der Waals surface area contributed by atoms with Gasteiger partial charge < -0.3 is 34.3 Å². The lowest BCUT2D eigenvalue weighted by atomic mass is 9.30. The number of nitrogens with zero attached hydrogens (tertiary/aromatic N) is 7. The van der Waals surface area contributed by atoms with Crippen LogP contribution < -0.4 is 67.1 Å². The molecule has 0 aliphatic carbocycles. The van der Waals surface area contributed by atoms with Crippen molar-refractivity contribution in [3.8, 4) is 0 Å². The minimum Gasteiger partial charge on any atom is -0.314 e. The minimum absolute atomic E-state index is 0.211. The number of benzene rings is 14. The van der Waals surface area contributed by atoms with E-state index in [4.69, 9.17) is 0 Å². The van der Waals surface area contributed by atoms with Crippen LogP contribution in [0.15, 0.2) is 376 Å². The highest BCUT2D eigenvalue weighted by atomic mass is 15.2. The van der Waals surface area contributed by atoms with E-state index in [0.29, 0.717) is 0 Å². The average Bonchev–Trinajstić information content (AvgIpc) is 0.701. The monoisotopic (exact) mass is 1320 g/mol. The van der Waals surface area contributed by atoms with Gasteiger partial charge in [0.05, 0.1) is 17.1 Å². The molecule has 14 aromatic carbocycles. The molecule has 0 unspecified atom stereocenters. The van der Waals surface area contributed by atoms with Gasteiger partial charge >= 0.3 is 0 Å². The predicted octanol–water partition coefficient (Wildman–Crippen LogP) is 21.2. The molecule has 5 heterocycles. The normalized spacial score (nSPS) is 14.0. The maximum Gasteiger partial charge on any atom is 0.252 e. The van der Waals surface area contributed by atoms with Crippen LogP contribution in [-0.2, 0) is 5.41 Å². The molecular formula is C94H71B2N7. The zero-order chi connectivity index (χ0) is 68.9. The number of fused-ring (bicyclic) bond motifs is 10. The van der Waals surface area contributed by atoms with E-state index in [9.17, 15) is 0 Å². The molecule has 5 aliphatic rings. The predicted molar refractivity (Wildman–Crippen MR) is 438 cm³/mol. The smallest absolute Gasteiger partial charge is 0.252 e. The molecule has 5 aliphatic heterocycles. The molecule has 0 aromatic heterocycles. The molecule has 0 N–H and O–H groups in total. The number of allylic oxidation sites excluding steroid dienone is 5. The Morgan fingerprint density at radius 1 is 0.301 bits per heavy atom. The van der Waals surface area contributed by atoms with Crippen LogP contribution in [0.25, 0.3) is 0 Å². The third-order valence-electron chi connectivity index (χ3n) is 21.5. The standard InChI is InChI=1S/C94H71B2N7/c1-5-6-15-36-65(2)97(66-37-16-7-17-38-66)74-57-89-93-90(58-74)103(73-51-30-14-31-52-73)87-64-86-80(62-81(87)96(93)79-61-77-84(63-85(79)101(89)71-47-26-12-27-48-71)99(69-43-22-10-23-44-69)82-55-34-32-53-76(82)94(77,3)4)95-78-54-33-35-56-83(78)100(70-45-24-11-25-46-70)88-59-75(60-91(92(88)95)102(86)72-49-28-13-29-50-72)98(67-39-18-8-19-40-67)68-41-20-9-21-42-68/h5-64H,1H2,2-4H3/b15-6-,65-36+. The summed E-state index contributed by atoms with van der Waals surface area (Å²) in [4.78, 5) is 17.6. The molecule has 7 nitrogen and oxygen atoms in total. The summed E-state index contributed by atoms with van der Waals surface area (Å²) in [5.41, 5.74) is 32.5. The summed E-state index contributed by atoms with van der Waals surface area (Å²) >= 11 is 0. The van der Waals surface area contributed by atoms with Gasteiger partial charge in [0.1, 0.15) is 0 Å². The van der Waals surface area contributed by atoms with Crippen LogP contribution >= 0.6 is 0 Å². The topological polar surface area (TPSA) is 22.7 Å². The summed E-state index contributed by atoms with van der Waals surface area (Å²) in [6.45, 7) is 10.6. The van der Waals surface area contributed by atoms with Crippen LogP contribution in [0.2, 0.25) is 0 Å². The molecule has 0 saturated heterocycles. The van der Waals surface area contributed by atoms with Gasteiger partial charge in [-0.3, -0.25) is 0 Å². The van der Waals surface area contributed by atoms with E-state index in [2.05, 4.69) is 414 Å². The van der Waals surface area contributed by atoms with Gasteiger partial charge in [-0.25, -0.2) is 0 Å². The van der Waals surface area contributed by atoms with E-state index in [1.807, 2.05) is 12.2 Å². The first kappa shape index (κ1) is 61.1. The molecule has 0 amide bonds. The fourth-order valence-corrected chi connectivity index (χ4v) is 17.2. The van der Waals surface area contributed by atoms with Crippen LogP contribution in [0.5, 0.6) is 0 Å². The highest BCUT2D eigenvalue weighted by molar-refractivity contribution is 7.03. The average molecular weight is 1320 g/mol. The van der Waals surface area contributed by atoms with Gasteiger partial charge in [-0.05, 0) is 202 Å². The van der Waals surface area contributed by atoms with Gasteiger partial charge in [0, 0.05) is 108 Å². The summed E-state index contributed by atoms with van der Waals surface area (Å²) in [6.07, 6.45) is 8.13. The summed E-state index contributed by atoms with van der Waals surface area (Å²) in [7, 11) is 0. The van der Waals surface area contributed by atoms with E-state index in [1.165, 1.54) is 49.6 Å². The fraction of sp³-hybridized carbons (Fsp3) is 0.0426. The summed E-state index contributed by atoms with van der Waals surface area (Å²) < 4.78 is 0. The quantitative estimate of drug-likeness (QED) is 0.0837. The second-order valence-electron chi connectivity index (χ2n) is 27.7. The molecule has 14 aromatic rings. The second-order valence-corrected chi connectivity index (χ2v) is 27.7. The lowest BCUT2D eigenvalue weighted by Gasteiger charge is -2.49. The fourth-order valence-electron chi connectivity index (χ4n) is 17.2. The number of hydrogen-bond acceptors (Lipinski definition) is 7. The number of para-hydroxylation sites is 10. The Labute approximate surface area is 604 Å². The van der Waals surface area contributed by atoms with Crippen molar-refractivity contribution in [2.24, 2.45) is 0 Å². The summed E-state index contributed by atoms with van der Waals surface area (Å²) in [6, 6.07) is 126. The van der Waals surface area contributed by atoms with Crippen LogP contribution in [0.1, 0.15) is 31.9 Å². The Morgan fingerprint density at radius 3 is 1.11 bits per heavy atom. The van der Waals surface area contributed by atoms with Crippen LogP contribution in [-0.4, -0.2) is 13.4 Å². The Bertz CT molecular complexity index is 5640. The molecule has 0 radical (unpaired) electrons. The van der Waals surface area contributed by atoms with Crippen LogP contribution in [0.4, 0.5) is 114 Å².